The number of hydrogen-bond acceptors (Lipinski definition) is 4. The first-order valence-electron chi connectivity index (χ1n) is 5.28. The Kier molecular flexibility index (Phi) is 5.24. The van der Waals surface area contributed by atoms with Crippen LogP contribution in [0, 0.1) is 0 Å². The highest BCUT2D eigenvalue weighted by atomic mass is 16.2. The van der Waals surface area contributed by atoms with E-state index in [1.54, 1.807) is 6.07 Å². The fourth-order valence-electron chi connectivity index (χ4n) is 1.21. The van der Waals surface area contributed by atoms with Gasteiger partial charge in [-0.15, -0.1) is 13.2 Å². The minimum Gasteiger partial charge on any atom is -0.327 e. The summed E-state index contributed by atoms with van der Waals surface area (Å²) in [5.41, 5.74) is 0. The van der Waals surface area contributed by atoms with Crippen LogP contribution in [0.1, 0.15) is 0 Å². The van der Waals surface area contributed by atoms with E-state index in [0.29, 0.717) is 0 Å². The van der Waals surface area contributed by atoms with Crippen LogP contribution in [-0.2, 0) is 9.59 Å². The van der Waals surface area contributed by atoms with Crippen LogP contribution in [0.3, 0.4) is 0 Å². The molecule has 1 rings (SSSR count). The second kappa shape index (κ2) is 6.95. The fourth-order valence-corrected chi connectivity index (χ4v) is 1.21. The first-order valence-corrected chi connectivity index (χ1v) is 5.28. The van der Waals surface area contributed by atoms with Gasteiger partial charge in [-0.05, 0) is 6.07 Å². The minimum atomic E-state index is -0.787. The number of hydrogen-bond donors (Lipinski definition) is 1. The molecule has 0 spiro atoms. The third-order valence-electron chi connectivity index (χ3n) is 1.97. The van der Waals surface area contributed by atoms with Crippen LogP contribution in [0.5, 0.6) is 0 Å². The number of aromatic nitrogens is 2. The summed E-state index contributed by atoms with van der Waals surface area (Å²) in [5, 5.41) is 2.32. The van der Waals surface area contributed by atoms with Crippen molar-refractivity contribution >= 4 is 17.8 Å². The third-order valence-corrected chi connectivity index (χ3v) is 1.97. The molecule has 1 aromatic heterocycles. The Bertz CT molecular complexity index is 435. The molecule has 1 N–H and O–H groups in total. The Morgan fingerprint density at radius 1 is 1.22 bits per heavy atom. The van der Waals surface area contributed by atoms with Gasteiger partial charge in [-0.25, -0.2) is 9.97 Å². The second-order valence-electron chi connectivity index (χ2n) is 3.31. The number of amides is 2. The average molecular weight is 246 g/mol. The molecule has 18 heavy (non-hydrogen) atoms. The van der Waals surface area contributed by atoms with Crippen molar-refractivity contribution in [3.05, 3.63) is 43.8 Å². The lowest BCUT2D eigenvalue weighted by Crippen LogP contribution is -2.40. The fraction of sp³-hybridized carbons (Fsp3) is 0.167. The number of rotatable bonds is 5. The van der Waals surface area contributed by atoms with Crippen molar-refractivity contribution in [3.8, 4) is 0 Å². The largest absolute Gasteiger partial charge is 0.327 e. The zero-order chi connectivity index (χ0) is 13.4. The zero-order valence-electron chi connectivity index (χ0n) is 9.87. The van der Waals surface area contributed by atoms with Gasteiger partial charge in [-0.3, -0.25) is 14.9 Å². The molecule has 0 unspecified atom stereocenters. The second-order valence-corrected chi connectivity index (χ2v) is 3.31. The van der Waals surface area contributed by atoms with Gasteiger partial charge in [0.25, 0.3) is 0 Å². The number of carbonyl (C=O) groups excluding carboxylic acids is 2. The highest BCUT2D eigenvalue weighted by molar-refractivity contribution is 6.39. The van der Waals surface area contributed by atoms with E-state index in [1.807, 2.05) is 0 Å². The van der Waals surface area contributed by atoms with Crippen LogP contribution < -0.4 is 5.32 Å². The Balaban J connectivity index is 2.67. The van der Waals surface area contributed by atoms with E-state index in [2.05, 4.69) is 28.4 Å². The Morgan fingerprint density at radius 3 is 2.28 bits per heavy atom. The summed E-state index contributed by atoms with van der Waals surface area (Å²) in [6, 6.07) is 1.61. The SMILES string of the molecule is C=CCN(CC=C)C(=O)C(=O)Nc1ncccn1. The lowest BCUT2D eigenvalue weighted by molar-refractivity contribution is -0.142. The van der Waals surface area contributed by atoms with Gasteiger partial charge in [-0.1, -0.05) is 12.2 Å². The highest BCUT2D eigenvalue weighted by Gasteiger charge is 2.20. The van der Waals surface area contributed by atoms with Gasteiger partial charge in [0, 0.05) is 25.5 Å². The summed E-state index contributed by atoms with van der Waals surface area (Å²) in [4.78, 5) is 32.3. The van der Waals surface area contributed by atoms with Crippen molar-refractivity contribution in [2.45, 2.75) is 0 Å². The standard InChI is InChI=1S/C12H14N4O2/c1-3-8-16(9-4-2)11(18)10(17)15-12-13-6-5-7-14-12/h3-7H,1-2,8-9H2,(H,13,14,15,17). The summed E-state index contributed by atoms with van der Waals surface area (Å²) >= 11 is 0. The Hall–Kier alpha value is -2.50. The van der Waals surface area contributed by atoms with Crippen LogP contribution in [0.4, 0.5) is 5.95 Å². The molecule has 6 heteroatoms. The van der Waals surface area contributed by atoms with E-state index in [4.69, 9.17) is 0 Å². The monoisotopic (exact) mass is 246 g/mol. The molecule has 0 bridgehead atoms. The van der Waals surface area contributed by atoms with Gasteiger partial charge in [0.1, 0.15) is 0 Å². The number of nitrogens with one attached hydrogen (secondary N) is 1. The predicted octanol–water partition coefficient (Wildman–Crippen LogP) is 0.616. The molecule has 0 radical (unpaired) electrons. The number of carbonyl (C=O) groups is 2. The van der Waals surface area contributed by atoms with Crippen LogP contribution in [0.25, 0.3) is 0 Å². The maximum absolute atomic E-state index is 11.8. The van der Waals surface area contributed by atoms with Crippen molar-refractivity contribution in [3.63, 3.8) is 0 Å². The Labute approximate surface area is 105 Å². The van der Waals surface area contributed by atoms with Gasteiger partial charge in [-0.2, -0.15) is 0 Å². The highest BCUT2D eigenvalue weighted by Crippen LogP contribution is 1.97. The molecule has 1 aromatic rings. The molecule has 0 saturated carbocycles. The predicted molar refractivity (Wildman–Crippen MR) is 67.6 cm³/mol. The lowest BCUT2D eigenvalue weighted by Gasteiger charge is -2.17. The topological polar surface area (TPSA) is 75.2 Å². The smallest absolute Gasteiger partial charge is 0.316 e. The summed E-state index contributed by atoms with van der Waals surface area (Å²) in [7, 11) is 0. The van der Waals surface area contributed by atoms with Gasteiger partial charge in [0.15, 0.2) is 0 Å². The van der Waals surface area contributed by atoms with Crippen molar-refractivity contribution in [2.75, 3.05) is 18.4 Å². The van der Waals surface area contributed by atoms with Crippen molar-refractivity contribution < 1.29 is 9.59 Å². The van der Waals surface area contributed by atoms with Crippen LogP contribution in [0.15, 0.2) is 43.8 Å². The first-order chi connectivity index (χ1) is 8.69. The molecule has 94 valence electrons. The lowest BCUT2D eigenvalue weighted by atomic mass is 10.4. The molecule has 0 aliphatic carbocycles. The maximum atomic E-state index is 11.8. The minimum absolute atomic E-state index is 0.0907. The maximum Gasteiger partial charge on any atom is 0.316 e. The molecule has 0 fully saturated rings. The molecule has 0 saturated heterocycles. The van der Waals surface area contributed by atoms with Crippen LogP contribution in [-0.4, -0.2) is 39.8 Å². The molecule has 0 aliphatic rings. The number of nitrogens with zero attached hydrogens (tertiary/aromatic N) is 3. The van der Waals surface area contributed by atoms with E-state index in [-0.39, 0.29) is 19.0 Å². The molecule has 0 atom stereocenters. The average Bonchev–Trinajstić information content (AvgIpc) is 2.39. The van der Waals surface area contributed by atoms with Crippen LogP contribution >= 0.6 is 0 Å². The van der Waals surface area contributed by atoms with E-state index in [9.17, 15) is 9.59 Å². The van der Waals surface area contributed by atoms with Crippen LogP contribution in [0.2, 0.25) is 0 Å². The normalized spacial score (nSPS) is 9.33. The molecule has 0 aliphatic heterocycles. The molecule has 1 heterocycles. The first kappa shape index (κ1) is 13.6. The molecular weight excluding hydrogens is 232 g/mol. The third kappa shape index (κ3) is 3.82. The summed E-state index contributed by atoms with van der Waals surface area (Å²) in [6.07, 6.45) is 6.01. The summed E-state index contributed by atoms with van der Waals surface area (Å²) in [6.45, 7) is 7.59. The van der Waals surface area contributed by atoms with E-state index < -0.39 is 11.8 Å². The Morgan fingerprint density at radius 2 is 1.78 bits per heavy atom. The van der Waals surface area contributed by atoms with E-state index >= 15 is 0 Å². The molecular formula is C12H14N4O2. The van der Waals surface area contributed by atoms with E-state index in [1.165, 1.54) is 29.4 Å². The van der Waals surface area contributed by atoms with Gasteiger partial charge in [0.05, 0.1) is 0 Å². The zero-order valence-corrected chi connectivity index (χ0v) is 9.87. The van der Waals surface area contributed by atoms with Gasteiger partial charge < -0.3 is 4.90 Å². The summed E-state index contributed by atoms with van der Waals surface area (Å²) in [5.74, 6) is -1.37. The van der Waals surface area contributed by atoms with E-state index in [0.717, 1.165) is 0 Å². The van der Waals surface area contributed by atoms with Crippen molar-refractivity contribution in [1.82, 2.24) is 14.9 Å². The quantitative estimate of drug-likeness (QED) is 0.610. The number of anilines is 1. The summed E-state index contributed by atoms with van der Waals surface area (Å²) < 4.78 is 0. The molecule has 0 aromatic carbocycles. The van der Waals surface area contributed by atoms with Gasteiger partial charge in [0.2, 0.25) is 5.95 Å². The van der Waals surface area contributed by atoms with Gasteiger partial charge >= 0.3 is 11.8 Å². The van der Waals surface area contributed by atoms with Crippen molar-refractivity contribution in [2.24, 2.45) is 0 Å². The van der Waals surface area contributed by atoms with Crippen molar-refractivity contribution in [1.29, 1.82) is 0 Å². The molecule has 2 amide bonds. The molecule has 6 nitrogen and oxygen atoms in total.